The maximum atomic E-state index is 12.0. The van der Waals surface area contributed by atoms with Crippen molar-refractivity contribution in [3.05, 3.63) is 35.9 Å². The molecule has 2 aliphatic heterocycles. The Kier molecular flexibility index (Phi) is 3.60. The van der Waals surface area contributed by atoms with E-state index in [0.717, 1.165) is 37.3 Å². The molecule has 0 unspecified atom stereocenters. The van der Waals surface area contributed by atoms with Gasteiger partial charge in [0.2, 0.25) is 5.91 Å². The first-order valence-electron chi connectivity index (χ1n) is 6.82. The molecule has 3 rings (SSSR count). The van der Waals surface area contributed by atoms with Gasteiger partial charge in [-0.3, -0.25) is 4.79 Å². The van der Waals surface area contributed by atoms with Crippen LogP contribution in [0.15, 0.2) is 35.4 Å². The monoisotopic (exact) mass is 258 g/mol. The fourth-order valence-electron chi connectivity index (χ4n) is 2.63. The Bertz CT molecular complexity index is 478. The van der Waals surface area contributed by atoms with Gasteiger partial charge in [0.1, 0.15) is 0 Å². The van der Waals surface area contributed by atoms with Gasteiger partial charge in [-0.1, -0.05) is 30.3 Å². The highest BCUT2D eigenvalue weighted by Gasteiger charge is 2.30. The SMILES string of the molecule is O=C1CC(C2CCOCC2)=NN1Cc1ccccc1. The second-order valence-electron chi connectivity index (χ2n) is 5.09. The maximum Gasteiger partial charge on any atom is 0.248 e. The molecule has 0 bridgehead atoms. The Morgan fingerprint density at radius 3 is 2.68 bits per heavy atom. The highest BCUT2D eigenvalue weighted by molar-refractivity contribution is 6.06. The molecule has 4 nitrogen and oxygen atoms in total. The van der Waals surface area contributed by atoms with Gasteiger partial charge in [-0.15, -0.1) is 0 Å². The predicted octanol–water partition coefficient (Wildman–Crippen LogP) is 2.20. The summed E-state index contributed by atoms with van der Waals surface area (Å²) in [5, 5.41) is 6.14. The minimum atomic E-state index is 0.116. The van der Waals surface area contributed by atoms with Crippen molar-refractivity contribution in [2.24, 2.45) is 11.0 Å². The van der Waals surface area contributed by atoms with Crippen molar-refractivity contribution in [1.29, 1.82) is 0 Å². The Morgan fingerprint density at radius 1 is 1.21 bits per heavy atom. The molecule has 1 aromatic carbocycles. The molecule has 0 spiro atoms. The van der Waals surface area contributed by atoms with Crippen LogP contribution in [0.2, 0.25) is 0 Å². The molecule has 19 heavy (non-hydrogen) atoms. The lowest BCUT2D eigenvalue weighted by atomic mass is 9.93. The highest BCUT2D eigenvalue weighted by Crippen LogP contribution is 2.24. The van der Waals surface area contributed by atoms with Crippen LogP contribution in [0.25, 0.3) is 0 Å². The minimum Gasteiger partial charge on any atom is -0.381 e. The van der Waals surface area contributed by atoms with Gasteiger partial charge < -0.3 is 4.74 Å². The van der Waals surface area contributed by atoms with E-state index in [2.05, 4.69) is 5.10 Å². The van der Waals surface area contributed by atoms with Gasteiger partial charge >= 0.3 is 0 Å². The molecule has 0 saturated carbocycles. The molecule has 1 aromatic rings. The summed E-state index contributed by atoms with van der Waals surface area (Å²) in [6.07, 6.45) is 2.47. The average Bonchev–Trinajstić information content (AvgIpc) is 2.82. The van der Waals surface area contributed by atoms with Gasteiger partial charge in [0.25, 0.3) is 0 Å². The third-order valence-corrected chi connectivity index (χ3v) is 3.74. The largest absolute Gasteiger partial charge is 0.381 e. The van der Waals surface area contributed by atoms with Crippen molar-refractivity contribution in [3.8, 4) is 0 Å². The molecule has 1 amide bonds. The van der Waals surface area contributed by atoms with Crippen LogP contribution < -0.4 is 0 Å². The molecule has 1 fully saturated rings. The Balaban J connectivity index is 1.68. The van der Waals surface area contributed by atoms with E-state index in [-0.39, 0.29) is 5.91 Å². The lowest BCUT2D eigenvalue weighted by Gasteiger charge is -2.21. The summed E-state index contributed by atoms with van der Waals surface area (Å²) in [6.45, 7) is 2.15. The van der Waals surface area contributed by atoms with E-state index >= 15 is 0 Å². The van der Waals surface area contributed by atoms with Crippen molar-refractivity contribution >= 4 is 11.6 Å². The molecule has 0 aliphatic carbocycles. The Hall–Kier alpha value is -1.68. The zero-order chi connectivity index (χ0) is 13.1. The third-order valence-electron chi connectivity index (χ3n) is 3.74. The van der Waals surface area contributed by atoms with Crippen LogP contribution in [0.5, 0.6) is 0 Å². The highest BCUT2D eigenvalue weighted by atomic mass is 16.5. The molecular formula is C15H18N2O2. The molecule has 0 radical (unpaired) electrons. The summed E-state index contributed by atoms with van der Waals surface area (Å²) in [5.74, 6) is 0.545. The first-order chi connectivity index (χ1) is 9.33. The number of hydrazone groups is 1. The Morgan fingerprint density at radius 2 is 1.95 bits per heavy atom. The zero-order valence-corrected chi connectivity index (χ0v) is 10.9. The summed E-state index contributed by atoms with van der Waals surface area (Å²) in [6, 6.07) is 9.99. The van der Waals surface area contributed by atoms with Gasteiger partial charge in [-0.05, 0) is 18.4 Å². The second-order valence-corrected chi connectivity index (χ2v) is 5.09. The molecule has 1 saturated heterocycles. The normalized spacial score (nSPS) is 20.7. The van der Waals surface area contributed by atoms with E-state index in [0.29, 0.717) is 18.9 Å². The van der Waals surface area contributed by atoms with Gasteiger partial charge in [0.15, 0.2) is 0 Å². The standard InChI is InChI=1S/C15H18N2O2/c18-15-10-14(13-6-8-19-9-7-13)16-17(15)11-12-4-2-1-3-5-12/h1-5,13H,6-11H2. The average molecular weight is 258 g/mol. The van der Waals surface area contributed by atoms with Crippen LogP contribution in [-0.2, 0) is 16.1 Å². The fraction of sp³-hybridized carbons (Fsp3) is 0.467. The van der Waals surface area contributed by atoms with Crippen molar-refractivity contribution in [2.75, 3.05) is 13.2 Å². The summed E-state index contributed by atoms with van der Waals surface area (Å²) in [4.78, 5) is 12.0. The molecule has 0 N–H and O–H groups in total. The van der Waals surface area contributed by atoms with Gasteiger partial charge in [0, 0.05) is 19.1 Å². The van der Waals surface area contributed by atoms with E-state index in [1.54, 1.807) is 5.01 Å². The maximum absolute atomic E-state index is 12.0. The summed E-state index contributed by atoms with van der Waals surface area (Å²) >= 11 is 0. The van der Waals surface area contributed by atoms with Gasteiger partial charge in [-0.25, -0.2) is 5.01 Å². The van der Waals surface area contributed by atoms with Crippen molar-refractivity contribution in [3.63, 3.8) is 0 Å². The van der Waals surface area contributed by atoms with Crippen LogP contribution in [0.4, 0.5) is 0 Å². The van der Waals surface area contributed by atoms with E-state index in [1.165, 1.54) is 0 Å². The number of nitrogens with zero attached hydrogens (tertiary/aromatic N) is 2. The molecule has 2 heterocycles. The number of carbonyl (C=O) groups is 1. The number of rotatable bonds is 3. The summed E-state index contributed by atoms with van der Waals surface area (Å²) in [7, 11) is 0. The number of hydrogen-bond donors (Lipinski definition) is 0. The van der Waals surface area contributed by atoms with Gasteiger partial charge in [0.05, 0.1) is 18.7 Å². The first-order valence-corrected chi connectivity index (χ1v) is 6.82. The molecule has 0 atom stereocenters. The lowest BCUT2D eigenvalue weighted by Crippen LogP contribution is -2.23. The minimum absolute atomic E-state index is 0.116. The number of benzene rings is 1. The molecule has 100 valence electrons. The quantitative estimate of drug-likeness (QED) is 0.834. The predicted molar refractivity (Wildman–Crippen MR) is 72.6 cm³/mol. The second kappa shape index (κ2) is 5.53. The third kappa shape index (κ3) is 2.84. The van der Waals surface area contributed by atoms with E-state index in [9.17, 15) is 4.79 Å². The summed E-state index contributed by atoms with van der Waals surface area (Å²) < 4.78 is 5.36. The van der Waals surface area contributed by atoms with Gasteiger partial charge in [-0.2, -0.15) is 5.10 Å². The molecule has 0 aromatic heterocycles. The fourth-order valence-corrected chi connectivity index (χ4v) is 2.63. The smallest absolute Gasteiger partial charge is 0.248 e. The van der Waals surface area contributed by atoms with Crippen LogP contribution in [0.1, 0.15) is 24.8 Å². The number of hydrogen-bond acceptors (Lipinski definition) is 3. The molecule has 4 heteroatoms. The number of carbonyl (C=O) groups excluding carboxylic acids is 1. The topological polar surface area (TPSA) is 41.9 Å². The van der Waals surface area contributed by atoms with Crippen molar-refractivity contribution < 1.29 is 9.53 Å². The molecular weight excluding hydrogens is 240 g/mol. The number of amides is 1. The van der Waals surface area contributed by atoms with Crippen LogP contribution in [0.3, 0.4) is 0 Å². The van der Waals surface area contributed by atoms with Crippen LogP contribution in [-0.4, -0.2) is 29.8 Å². The summed E-state index contributed by atoms with van der Waals surface area (Å²) in [5.41, 5.74) is 2.16. The Labute approximate surface area is 113 Å². The van der Waals surface area contributed by atoms with E-state index in [1.807, 2.05) is 30.3 Å². The van der Waals surface area contributed by atoms with Crippen LogP contribution >= 0.6 is 0 Å². The zero-order valence-electron chi connectivity index (χ0n) is 10.9. The first kappa shape index (κ1) is 12.4. The van der Waals surface area contributed by atoms with E-state index < -0.39 is 0 Å². The van der Waals surface area contributed by atoms with Crippen molar-refractivity contribution in [1.82, 2.24) is 5.01 Å². The lowest BCUT2D eigenvalue weighted by molar-refractivity contribution is -0.129. The van der Waals surface area contributed by atoms with E-state index in [4.69, 9.17) is 4.74 Å². The molecule has 2 aliphatic rings. The number of ether oxygens (including phenoxy) is 1. The van der Waals surface area contributed by atoms with Crippen LogP contribution in [0, 0.1) is 5.92 Å². The van der Waals surface area contributed by atoms with Crippen molar-refractivity contribution in [2.45, 2.75) is 25.8 Å².